The SMILES string of the molecule is O=C(c1c[nH]ccc1=O)N1CCN2CCCCC2C1. The molecule has 5 heteroatoms. The van der Waals surface area contributed by atoms with Crippen LogP contribution in [0.1, 0.15) is 29.6 Å². The van der Waals surface area contributed by atoms with Gasteiger partial charge in [-0.3, -0.25) is 14.5 Å². The van der Waals surface area contributed by atoms with Crippen molar-refractivity contribution in [2.24, 2.45) is 0 Å². The smallest absolute Gasteiger partial charge is 0.259 e. The number of aromatic amines is 1. The highest BCUT2D eigenvalue weighted by Crippen LogP contribution is 2.21. The molecule has 0 aliphatic carbocycles. The van der Waals surface area contributed by atoms with Gasteiger partial charge in [0.25, 0.3) is 5.91 Å². The van der Waals surface area contributed by atoms with E-state index in [1.165, 1.54) is 25.1 Å². The fourth-order valence-electron chi connectivity index (χ4n) is 3.09. The summed E-state index contributed by atoms with van der Waals surface area (Å²) in [4.78, 5) is 31.2. The zero-order chi connectivity index (χ0) is 13.2. The molecule has 0 bridgehead atoms. The minimum absolute atomic E-state index is 0.132. The average Bonchev–Trinajstić information content (AvgIpc) is 2.46. The highest BCUT2D eigenvalue weighted by molar-refractivity contribution is 5.93. The minimum Gasteiger partial charge on any atom is -0.367 e. The van der Waals surface area contributed by atoms with Crippen LogP contribution in [0.4, 0.5) is 0 Å². The van der Waals surface area contributed by atoms with Crippen molar-refractivity contribution in [3.63, 3.8) is 0 Å². The van der Waals surface area contributed by atoms with E-state index in [2.05, 4.69) is 9.88 Å². The first kappa shape index (κ1) is 12.4. The number of piperazine rings is 1. The summed E-state index contributed by atoms with van der Waals surface area (Å²) in [6, 6.07) is 1.89. The molecule has 0 saturated carbocycles. The first-order chi connectivity index (χ1) is 9.25. The molecule has 1 amide bonds. The van der Waals surface area contributed by atoms with Crippen LogP contribution >= 0.6 is 0 Å². The molecule has 2 aliphatic rings. The molecule has 1 aromatic rings. The highest BCUT2D eigenvalue weighted by atomic mass is 16.2. The molecule has 0 aromatic carbocycles. The molecule has 0 radical (unpaired) electrons. The van der Waals surface area contributed by atoms with Crippen LogP contribution in [-0.4, -0.2) is 52.9 Å². The lowest BCUT2D eigenvalue weighted by molar-refractivity contribution is 0.0371. The predicted molar refractivity (Wildman–Crippen MR) is 72.2 cm³/mol. The van der Waals surface area contributed by atoms with Crippen molar-refractivity contribution < 1.29 is 4.79 Å². The summed E-state index contributed by atoms with van der Waals surface area (Å²) in [5.74, 6) is -0.132. The molecule has 102 valence electrons. The number of hydrogen-bond donors (Lipinski definition) is 1. The molecule has 1 aromatic heterocycles. The molecular formula is C14H19N3O2. The van der Waals surface area contributed by atoms with E-state index >= 15 is 0 Å². The molecule has 1 N–H and O–H groups in total. The Morgan fingerprint density at radius 3 is 3.00 bits per heavy atom. The number of piperidine rings is 1. The summed E-state index contributed by atoms with van der Waals surface area (Å²) >= 11 is 0. The number of rotatable bonds is 1. The lowest BCUT2D eigenvalue weighted by Crippen LogP contribution is -2.56. The second-order valence-electron chi connectivity index (χ2n) is 5.36. The fourth-order valence-corrected chi connectivity index (χ4v) is 3.09. The molecule has 2 saturated heterocycles. The number of pyridine rings is 1. The van der Waals surface area contributed by atoms with E-state index < -0.39 is 0 Å². The molecule has 1 atom stereocenters. The van der Waals surface area contributed by atoms with Gasteiger partial charge in [-0.25, -0.2) is 0 Å². The number of hydrogen-bond acceptors (Lipinski definition) is 3. The summed E-state index contributed by atoms with van der Waals surface area (Å²) in [7, 11) is 0. The number of carbonyl (C=O) groups excluding carboxylic acids is 1. The Balaban J connectivity index is 1.75. The van der Waals surface area contributed by atoms with Crippen LogP contribution in [0.15, 0.2) is 23.3 Å². The number of H-pyrrole nitrogens is 1. The van der Waals surface area contributed by atoms with Crippen LogP contribution in [0.5, 0.6) is 0 Å². The number of nitrogens with one attached hydrogen (secondary N) is 1. The normalized spacial score (nSPS) is 24.0. The standard InChI is InChI=1S/C14H19N3O2/c18-13-4-5-15-9-12(13)14(19)17-8-7-16-6-2-1-3-11(16)10-17/h4-5,9,11H,1-3,6-8,10H2,(H,15,18). The van der Waals surface area contributed by atoms with E-state index in [-0.39, 0.29) is 16.9 Å². The zero-order valence-corrected chi connectivity index (χ0v) is 11.0. The first-order valence-electron chi connectivity index (χ1n) is 6.96. The van der Waals surface area contributed by atoms with Crippen LogP contribution in [0.2, 0.25) is 0 Å². The molecule has 3 rings (SSSR count). The Labute approximate surface area is 112 Å². The zero-order valence-electron chi connectivity index (χ0n) is 11.0. The molecule has 3 heterocycles. The molecule has 19 heavy (non-hydrogen) atoms. The second-order valence-corrected chi connectivity index (χ2v) is 5.36. The van der Waals surface area contributed by atoms with Gasteiger partial charge >= 0.3 is 0 Å². The topological polar surface area (TPSA) is 56.4 Å². The fraction of sp³-hybridized carbons (Fsp3) is 0.571. The minimum atomic E-state index is -0.199. The number of fused-ring (bicyclic) bond motifs is 1. The van der Waals surface area contributed by atoms with Gasteiger partial charge in [-0.1, -0.05) is 6.42 Å². The second kappa shape index (κ2) is 5.17. The van der Waals surface area contributed by atoms with Gasteiger partial charge in [-0.15, -0.1) is 0 Å². The van der Waals surface area contributed by atoms with Gasteiger partial charge in [-0.2, -0.15) is 0 Å². The third-order valence-electron chi connectivity index (χ3n) is 4.18. The van der Waals surface area contributed by atoms with Crippen molar-refractivity contribution >= 4 is 5.91 Å². The van der Waals surface area contributed by atoms with Gasteiger partial charge in [0.2, 0.25) is 0 Å². The van der Waals surface area contributed by atoms with Crippen LogP contribution in [-0.2, 0) is 0 Å². The Kier molecular flexibility index (Phi) is 3.38. The van der Waals surface area contributed by atoms with Gasteiger partial charge < -0.3 is 9.88 Å². The third kappa shape index (κ3) is 2.42. The van der Waals surface area contributed by atoms with Gasteiger partial charge in [-0.05, 0) is 19.4 Å². The Morgan fingerprint density at radius 2 is 2.16 bits per heavy atom. The first-order valence-corrected chi connectivity index (χ1v) is 6.96. The quantitative estimate of drug-likeness (QED) is 0.809. The highest BCUT2D eigenvalue weighted by Gasteiger charge is 2.31. The van der Waals surface area contributed by atoms with Gasteiger partial charge in [0.1, 0.15) is 5.56 Å². The van der Waals surface area contributed by atoms with E-state index in [1.54, 1.807) is 6.20 Å². The number of carbonyl (C=O) groups is 1. The molecule has 2 fully saturated rings. The Bertz CT molecular complexity index is 525. The van der Waals surface area contributed by atoms with E-state index in [1.807, 2.05) is 4.90 Å². The number of nitrogens with zero attached hydrogens (tertiary/aromatic N) is 2. The van der Waals surface area contributed by atoms with E-state index in [4.69, 9.17) is 0 Å². The third-order valence-corrected chi connectivity index (χ3v) is 4.18. The van der Waals surface area contributed by atoms with Crippen molar-refractivity contribution in [2.45, 2.75) is 25.3 Å². The Morgan fingerprint density at radius 1 is 1.26 bits per heavy atom. The van der Waals surface area contributed by atoms with E-state index in [0.29, 0.717) is 6.04 Å². The summed E-state index contributed by atoms with van der Waals surface area (Å²) in [6.45, 7) is 3.57. The summed E-state index contributed by atoms with van der Waals surface area (Å²) in [5.41, 5.74) is 0.0570. The molecular weight excluding hydrogens is 242 g/mol. The van der Waals surface area contributed by atoms with E-state index in [0.717, 1.165) is 32.6 Å². The van der Waals surface area contributed by atoms with Crippen molar-refractivity contribution in [3.8, 4) is 0 Å². The van der Waals surface area contributed by atoms with Crippen LogP contribution in [0.3, 0.4) is 0 Å². The maximum Gasteiger partial charge on any atom is 0.259 e. The van der Waals surface area contributed by atoms with Crippen LogP contribution in [0, 0.1) is 0 Å². The lowest BCUT2D eigenvalue weighted by Gasteiger charge is -2.43. The van der Waals surface area contributed by atoms with Crippen molar-refractivity contribution in [2.75, 3.05) is 26.2 Å². The maximum absolute atomic E-state index is 12.4. The van der Waals surface area contributed by atoms with Crippen molar-refractivity contribution in [3.05, 3.63) is 34.2 Å². The summed E-state index contributed by atoms with van der Waals surface area (Å²) < 4.78 is 0. The van der Waals surface area contributed by atoms with Crippen LogP contribution in [0.25, 0.3) is 0 Å². The number of aromatic nitrogens is 1. The lowest BCUT2D eigenvalue weighted by atomic mass is 9.99. The van der Waals surface area contributed by atoms with E-state index in [9.17, 15) is 9.59 Å². The average molecular weight is 261 g/mol. The maximum atomic E-state index is 12.4. The molecule has 1 unspecified atom stereocenters. The molecule has 5 nitrogen and oxygen atoms in total. The summed E-state index contributed by atoms with van der Waals surface area (Å²) in [5, 5.41) is 0. The Hall–Kier alpha value is -1.62. The van der Waals surface area contributed by atoms with Crippen LogP contribution < -0.4 is 5.43 Å². The monoisotopic (exact) mass is 261 g/mol. The molecule has 0 spiro atoms. The largest absolute Gasteiger partial charge is 0.367 e. The van der Waals surface area contributed by atoms with Gasteiger partial charge in [0.15, 0.2) is 5.43 Å². The summed E-state index contributed by atoms with van der Waals surface area (Å²) in [6.07, 6.45) is 6.74. The molecule has 2 aliphatic heterocycles. The van der Waals surface area contributed by atoms with Crippen molar-refractivity contribution in [1.82, 2.24) is 14.8 Å². The van der Waals surface area contributed by atoms with Gasteiger partial charge in [0, 0.05) is 44.1 Å². The van der Waals surface area contributed by atoms with Crippen molar-refractivity contribution in [1.29, 1.82) is 0 Å². The predicted octanol–water partition coefficient (Wildman–Crippen LogP) is 0.685. The van der Waals surface area contributed by atoms with Gasteiger partial charge in [0.05, 0.1) is 0 Å². The number of amides is 1.